The molecule has 3 rings (SSSR count). The summed E-state index contributed by atoms with van der Waals surface area (Å²) in [4.78, 5) is 12.3. The van der Waals surface area contributed by atoms with Crippen molar-refractivity contribution in [2.45, 2.75) is 65.2 Å². The first-order chi connectivity index (χ1) is 11.7. The van der Waals surface area contributed by atoms with Crippen LogP contribution < -0.4 is 0 Å². The third kappa shape index (κ3) is 3.61. The average molecular weight is 320 g/mol. The minimum atomic E-state index is 0.292. The van der Waals surface area contributed by atoms with Gasteiger partial charge in [0.2, 0.25) is 0 Å². The van der Waals surface area contributed by atoms with Crippen LogP contribution >= 0.6 is 0 Å². The van der Waals surface area contributed by atoms with Crippen molar-refractivity contribution in [1.82, 2.24) is 0 Å². The predicted octanol–water partition coefficient (Wildman–Crippen LogP) is 6.17. The number of fused-ring (bicyclic) bond motifs is 3. The zero-order valence-corrected chi connectivity index (χ0v) is 15.0. The summed E-state index contributed by atoms with van der Waals surface area (Å²) >= 11 is 0. The highest BCUT2D eigenvalue weighted by Gasteiger charge is 2.18. The van der Waals surface area contributed by atoms with E-state index in [1.165, 1.54) is 47.1 Å². The lowest BCUT2D eigenvalue weighted by Crippen LogP contribution is -2.07. The van der Waals surface area contributed by atoms with Crippen molar-refractivity contribution >= 4 is 5.78 Å². The maximum atomic E-state index is 12.3. The van der Waals surface area contributed by atoms with Crippen LogP contribution in [0.5, 0.6) is 0 Å². The third-order valence-electron chi connectivity index (χ3n) is 5.13. The minimum absolute atomic E-state index is 0.292. The predicted molar refractivity (Wildman–Crippen MR) is 102 cm³/mol. The Bertz CT molecular complexity index is 727. The summed E-state index contributed by atoms with van der Waals surface area (Å²) in [6.45, 7) is 4.37. The number of hydrogen-bond donors (Lipinski definition) is 0. The van der Waals surface area contributed by atoms with Crippen molar-refractivity contribution in [1.29, 1.82) is 0 Å². The number of aryl methyl sites for hydroxylation is 3. The van der Waals surface area contributed by atoms with Crippen LogP contribution in [0.1, 0.15) is 73.0 Å². The molecule has 0 aliphatic heterocycles. The molecular formula is C23H28O. The largest absolute Gasteiger partial charge is 0.294 e. The SMILES string of the molecule is CCCCC(=O)c1ccc2c(c1)CCc1cc(CCCC)ccc1-2. The lowest BCUT2D eigenvalue weighted by atomic mass is 9.83. The van der Waals surface area contributed by atoms with Crippen LogP contribution in [0, 0.1) is 0 Å². The van der Waals surface area contributed by atoms with E-state index in [0.29, 0.717) is 12.2 Å². The fraction of sp³-hybridized carbons (Fsp3) is 0.435. The summed E-state index contributed by atoms with van der Waals surface area (Å²) in [5.74, 6) is 0.292. The van der Waals surface area contributed by atoms with E-state index in [1.54, 1.807) is 0 Å². The van der Waals surface area contributed by atoms with Crippen LogP contribution in [0.4, 0.5) is 0 Å². The second kappa shape index (κ2) is 7.79. The molecule has 0 fully saturated rings. The highest BCUT2D eigenvalue weighted by atomic mass is 16.1. The fourth-order valence-electron chi connectivity index (χ4n) is 3.64. The van der Waals surface area contributed by atoms with Crippen LogP contribution in [-0.2, 0) is 19.3 Å². The molecule has 0 bridgehead atoms. The van der Waals surface area contributed by atoms with Crippen molar-refractivity contribution in [3.8, 4) is 11.1 Å². The molecule has 0 unspecified atom stereocenters. The molecule has 0 spiro atoms. The first-order valence-electron chi connectivity index (χ1n) is 9.51. The number of carbonyl (C=O) groups is 1. The summed E-state index contributed by atoms with van der Waals surface area (Å²) < 4.78 is 0. The van der Waals surface area contributed by atoms with Gasteiger partial charge in [-0.15, -0.1) is 0 Å². The number of ketones is 1. The molecule has 1 aliphatic carbocycles. The van der Waals surface area contributed by atoms with E-state index >= 15 is 0 Å². The van der Waals surface area contributed by atoms with E-state index in [-0.39, 0.29) is 0 Å². The molecule has 0 radical (unpaired) electrons. The smallest absolute Gasteiger partial charge is 0.162 e. The van der Waals surface area contributed by atoms with Gasteiger partial charge in [-0.1, -0.05) is 57.0 Å². The minimum Gasteiger partial charge on any atom is -0.294 e. The Morgan fingerprint density at radius 2 is 1.54 bits per heavy atom. The summed E-state index contributed by atoms with van der Waals surface area (Å²) in [6, 6.07) is 13.3. The highest BCUT2D eigenvalue weighted by molar-refractivity contribution is 5.97. The fourth-order valence-corrected chi connectivity index (χ4v) is 3.64. The first-order valence-corrected chi connectivity index (χ1v) is 9.51. The van der Waals surface area contributed by atoms with Crippen molar-refractivity contribution < 1.29 is 4.79 Å². The van der Waals surface area contributed by atoms with Gasteiger partial charge in [-0.3, -0.25) is 4.79 Å². The molecule has 0 heterocycles. The van der Waals surface area contributed by atoms with Crippen LogP contribution in [0.15, 0.2) is 36.4 Å². The van der Waals surface area contributed by atoms with E-state index in [9.17, 15) is 4.79 Å². The maximum absolute atomic E-state index is 12.3. The van der Waals surface area contributed by atoms with Crippen LogP contribution in [0.2, 0.25) is 0 Å². The Labute approximate surface area is 146 Å². The van der Waals surface area contributed by atoms with E-state index < -0.39 is 0 Å². The molecule has 2 aromatic rings. The van der Waals surface area contributed by atoms with Crippen molar-refractivity contribution in [3.63, 3.8) is 0 Å². The lowest BCUT2D eigenvalue weighted by molar-refractivity contribution is 0.0979. The topological polar surface area (TPSA) is 17.1 Å². The van der Waals surface area contributed by atoms with Crippen LogP contribution in [-0.4, -0.2) is 5.78 Å². The lowest BCUT2D eigenvalue weighted by Gasteiger charge is -2.21. The zero-order valence-electron chi connectivity index (χ0n) is 15.0. The molecule has 0 saturated heterocycles. The van der Waals surface area contributed by atoms with Gasteiger partial charge >= 0.3 is 0 Å². The molecule has 126 valence electrons. The van der Waals surface area contributed by atoms with E-state index in [4.69, 9.17) is 0 Å². The summed E-state index contributed by atoms with van der Waals surface area (Å²) in [7, 11) is 0. The van der Waals surface area contributed by atoms with Gasteiger partial charge in [-0.25, -0.2) is 0 Å². The number of unbranched alkanes of at least 4 members (excludes halogenated alkanes) is 2. The van der Waals surface area contributed by atoms with Gasteiger partial charge in [0.05, 0.1) is 0 Å². The molecule has 0 aromatic heterocycles. The maximum Gasteiger partial charge on any atom is 0.162 e. The highest BCUT2D eigenvalue weighted by Crippen LogP contribution is 2.35. The number of rotatable bonds is 7. The number of hydrogen-bond acceptors (Lipinski definition) is 1. The van der Waals surface area contributed by atoms with E-state index in [2.05, 4.69) is 44.2 Å². The summed E-state index contributed by atoms with van der Waals surface area (Å²) in [6.07, 6.45) is 8.56. The van der Waals surface area contributed by atoms with E-state index in [1.807, 2.05) is 6.07 Å². The van der Waals surface area contributed by atoms with Gasteiger partial charge in [-0.05, 0) is 66.0 Å². The Hall–Kier alpha value is -1.89. The normalized spacial score (nSPS) is 12.6. The molecular weight excluding hydrogens is 292 g/mol. The molecule has 0 atom stereocenters. The van der Waals surface area contributed by atoms with Gasteiger partial charge in [0.1, 0.15) is 0 Å². The van der Waals surface area contributed by atoms with Gasteiger partial charge in [-0.2, -0.15) is 0 Å². The van der Waals surface area contributed by atoms with Crippen molar-refractivity contribution in [2.24, 2.45) is 0 Å². The number of carbonyl (C=O) groups excluding carboxylic acids is 1. The quantitative estimate of drug-likeness (QED) is 0.558. The monoisotopic (exact) mass is 320 g/mol. The Morgan fingerprint density at radius 3 is 2.25 bits per heavy atom. The average Bonchev–Trinajstić information content (AvgIpc) is 2.63. The molecule has 0 saturated carbocycles. The molecule has 24 heavy (non-hydrogen) atoms. The van der Waals surface area contributed by atoms with Gasteiger partial charge in [0.25, 0.3) is 0 Å². The van der Waals surface area contributed by atoms with Gasteiger partial charge < -0.3 is 0 Å². The van der Waals surface area contributed by atoms with Gasteiger partial charge in [0, 0.05) is 12.0 Å². The van der Waals surface area contributed by atoms with Crippen molar-refractivity contribution in [2.75, 3.05) is 0 Å². The second-order valence-electron chi connectivity index (χ2n) is 6.99. The number of benzene rings is 2. The third-order valence-corrected chi connectivity index (χ3v) is 5.13. The molecule has 0 amide bonds. The molecule has 1 heteroatoms. The van der Waals surface area contributed by atoms with Crippen molar-refractivity contribution in [3.05, 3.63) is 58.7 Å². The van der Waals surface area contributed by atoms with E-state index in [0.717, 1.165) is 31.2 Å². The Kier molecular flexibility index (Phi) is 5.50. The number of Topliss-reactive ketones (excluding diaryl/α,β-unsaturated/α-hetero) is 1. The zero-order chi connectivity index (χ0) is 16.9. The van der Waals surface area contributed by atoms with Crippen LogP contribution in [0.25, 0.3) is 11.1 Å². The summed E-state index contributed by atoms with van der Waals surface area (Å²) in [5, 5.41) is 0. The molecule has 1 aliphatic rings. The van der Waals surface area contributed by atoms with Gasteiger partial charge in [0.15, 0.2) is 5.78 Å². The standard InChI is InChI=1S/C23H28O/c1-3-5-7-17-9-13-21-18(15-17)10-11-19-16-20(12-14-22(19)21)23(24)8-6-4-2/h9,12-16H,3-8,10-11H2,1-2H3. The second-order valence-corrected chi connectivity index (χ2v) is 6.99. The Balaban J connectivity index is 1.85. The molecule has 2 aromatic carbocycles. The van der Waals surface area contributed by atoms with Crippen LogP contribution in [0.3, 0.4) is 0 Å². The molecule has 1 nitrogen and oxygen atoms in total. The Morgan fingerprint density at radius 1 is 0.875 bits per heavy atom. The first kappa shape index (κ1) is 17.0. The summed E-state index contributed by atoms with van der Waals surface area (Å²) in [5.41, 5.74) is 7.86. The molecule has 0 N–H and O–H groups in total.